The molecule has 0 saturated heterocycles. The molecule has 108 valence electrons. The smallest absolute Gasteiger partial charge is 0.228 e. The molecule has 0 spiro atoms. The molecule has 0 heterocycles. The van der Waals surface area contributed by atoms with Crippen molar-refractivity contribution in [1.29, 1.82) is 0 Å². The molecule has 3 N–H and O–H groups in total. The maximum absolute atomic E-state index is 11.9. The third-order valence-electron chi connectivity index (χ3n) is 2.87. The normalized spacial score (nSPS) is 12.9. The zero-order valence-electron chi connectivity index (χ0n) is 11.6. The highest BCUT2D eigenvalue weighted by Crippen LogP contribution is 2.29. The zero-order chi connectivity index (χ0) is 13.7. The summed E-state index contributed by atoms with van der Waals surface area (Å²) in [6, 6.07) is 5.01. The fourth-order valence-corrected chi connectivity index (χ4v) is 1.39. The first kappa shape index (κ1) is 17.5. The predicted octanol–water partition coefficient (Wildman–Crippen LogP) is 2.05. The van der Waals surface area contributed by atoms with Crippen molar-refractivity contribution in [3.63, 3.8) is 0 Å². The SMILES string of the molecule is COc1ccc(NC(=O)C(C)C(C)N)c(OC)c1.Cl. The lowest BCUT2D eigenvalue weighted by Gasteiger charge is -2.17. The number of hydrogen-bond donors (Lipinski definition) is 2. The van der Waals surface area contributed by atoms with Crippen molar-refractivity contribution in [2.75, 3.05) is 19.5 Å². The lowest BCUT2D eigenvalue weighted by Crippen LogP contribution is -2.34. The maximum Gasteiger partial charge on any atom is 0.228 e. The molecule has 0 aliphatic heterocycles. The van der Waals surface area contributed by atoms with Gasteiger partial charge in [-0.15, -0.1) is 12.4 Å². The molecule has 6 heteroatoms. The van der Waals surface area contributed by atoms with Crippen LogP contribution in [0.4, 0.5) is 5.69 Å². The average Bonchev–Trinajstić information content (AvgIpc) is 2.37. The van der Waals surface area contributed by atoms with Crippen molar-refractivity contribution in [1.82, 2.24) is 0 Å². The van der Waals surface area contributed by atoms with Gasteiger partial charge in [0.15, 0.2) is 0 Å². The largest absolute Gasteiger partial charge is 0.497 e. The van der Waals surface area contributed by atoms with E-state index in [0.29, 0.717) is 17.2 Å². The van der Waals surface area contributed by atoms with Crippen LogP contribution in [0, 0.1) is 5.92 Å². The van der Waals surface area contributed by atoms with Gasteiger partial charge in [-0.2, -0.15) is 0 Å². The van der Waals surface area contributed by atoms with E-state index < -0.39 is 0 Å². The molecule has 0 aromatic heterocycles. The monoisotopic (exact) mass is 288 g/mol. The summed E-state index contributed by atoms with van der Waals surface area (Å²) in [5, 5.41) is 2.79. The van der Waals surface area contributed by atoms with Crippen LogP contribution in [0.1, 0.15) is 13.8 Å². The summed E-state index contributed by atoms with van der Waals surface area (Å²) in [5.41, 5.74) is 6.30. The molecule has 5 nitrogen and oxygen atoms in total. The van der Waals surface area contributed by atoms with Crippen molar-refractivity contribution in [3.8, 4) is 11.5 Å². The van der Waals surface area contributed by atoms with Gasteiger partial charge in [0.25, 0.3) is 0 Å². The van der Waals surface area contributed by atoms with Gasteiger partial charge in [-0.1, -0.05) is 6.92 Å². The lowest BCUT2D eigenvalue weighted by molar-refractivity contribution is -0.119. The zero-order valence-corrected chi connectivity index (χ0v) is 12.4. The van der Waals surface area contributed by atoms with Crippen LogP contribution in [0.2, 0.25) is 0 Å². The Morgan fingerprint density at radius 1 is 1.26 bits per heavy atom. The number of nitrogens with two attached hydrogens (primary N) is 1. The topological polar surface area (TPSA) is 73.6 Å². The Hall–Kier alpha value is -1.46. The highest BCUT2D eigenvalue weighted by molar-refractivity contribution is 5.94. The van der Waals surface area contributed by atoms with E-state index in [1.165, 1.54) is 0 Å². The van der Waals surface area contributed by atoms with Crippen molar-refractivity contribution >= 4 is 24.0 Å². The Labute approximate surface area is 119 Å². The predicted molar refractivity (Wildman–Crippen MR) is 78.2 cm³/mol. The van der Waals surface area contributed by atoms with Gasteiger partial charge >= 0.3 is 0 Å². The van der Waals surface area contributed by atoms with Gasteiger partial charge < -0.3 is 20.5 Å². The first-order chi connectivity index (χ1) is 8.49. The molecule has 0 aliphatic rings. The first-order valence-electron chi connectivity index (χ1n) is 5.78. The second kappa shape index (κ2) is 7.86. The van der Waals surface area contributed by atoms with E-state index in [0.717, 1.165) is 0 Å². The van der Waals surface area contributed by atoms with Crippen LogP contribution in [0.15, 0.2) is 18.2 Å². The Morgan fingerprint density at radius 3 is 2.37 bits per heavy atom. The summed E-state index contributed by atoms with van der Waals surface area (Å²) in [6.45, 7) is 3.59. The van der Waals surface area contributed by atoms with E-state index >= 15 is 0 Å². The first-order valence-corrected chi connectivity index (χ1v) is 5.78. The molecule has 1 aromatic carbocycles. The number of anilines is 1. The molecular weight excluding hydrogens is 268 g/mol. The minimum absolute atomic E-state index is 0. The number of nitrogens with one attached hydrogen (secondary N) is 1. The van der Waals surface area contributed by atoms with Crippen LogP contribution in [0.5, 0.6) is 11.5 Å². The lowest BCUT2D eigenvalue weighted by atomic mass is 10.0. The Morgan fingerprint density at radius 2 is 1.89 bits per heavy atom. The molecule has 0 bridgehead atoms. The fourth-order valence-electron chi connectivity index (χ4n) is 1.39. The molecule has 19 heavy (non-hydrogen) atoms. The Bertz CT molecular complexity index is 424. The van der Waals surface area contributed by atoms with Gasteiger partial charge in [-0.3, -0.25) is 4.79 Å². The summed E-state index contributed by atoms with van der Waals surface area (Å²) in [7, 11) is 3.12. The number of benzene rings is 1. The second-order valence-corrected chi connectivity index (χ2v) is 4.20. The number of carbonyl (C=O) groups excluding carboxylic acids is 1. The van der Waals surface area contributed by atoms with Gasteiger partial charge in [0.2, 0.25) is 5.91 Å². The van der Waals surface area contributed by atoms with E-state index in [2.05, 4.69) is 5.32 Å². The van der Waals surface area contributed by atoms with E-state index in [1.54, 1.807) is 46.3 Å². The molecule has 2 atom stereocenters. The molecule has 1 aromatic rings. The second-order valence-electron chi connectivity index (χ2n) is 4.20. The van der Waals surface area contributed by atoms with Gasteiger partial charge in [0.1, 0.15) is 11.5 Å². The quantitative estimate of drug-likeness (QED) is 0.870. The van der Waals surface area contributed by atoms with Crippen LogP contribution in [-0.2, 0) is 4.79 Å². The summed E-state index contributed by atoms with van der Waals surface area (Å²) < 4.78 is 10.3. The molecule has 2 unspecified atom stereocenters. The molecule has 1 amide bonds. The standard InChI is InChI=1S/C13H20N2O3.ClH/c1-8(9(2)14)13(16)15-11-6-5-10(17-3)7-12(11)18-4;/h5-9H,14H2,1-4H3,(H,15,16);1H. The van der Waals surface area contributed by atoms with E-state index in [1.807, 2.05) is 0 Å². The van der Waals surface area contributed by atoms with Crippen LogP contribution < -0.4 is 20.5 Å². The van der Waals surface area contributed by atoms with Crippen LogP contribution >= 0.6 is 12.4 Å². The van der Waals surface area contributed by atoms with E-state index in [-0.39, 0.29) is 30.3 Å². The van der Waals surface area contributed by atoms with Crippen molar-refractivity contribution in [2.24, 2.45) is 11.7 Å². The highest BCUT2D eigenvalue weighted by atomic mass is 35.5. The van der Waals surface area contributed by atoms with E-state index in [9.17, 15) is 4.79 Å². The molecule has 1 rings (SSSR count). The number of amides is 1. The number of rotatable bonds is 5. The van der Waals surface area contributed by atoms with Crippen LogP contribution in [0.25, 0.3) is 0 Å². The fraction of sp³-hybridized carbons (Fsp3) is 0.462. The van der Waals surface area contributed by atoms with Crippen LogP contribution in [-0.4, -0.2) is 26.2 Å². The maximum atomic E-state index is 11.9. The van der Waals surface area contributed by atoms with E-state index in [4.69, 9.17) is 15.2 Å². The number of halogens is 1. The van der Waals surface area contributed by atoms with Gasteiger partial charge in [-0.05, 0) is 19.1 Å². The summed E-state index contributed by atoms with van der Waals surface area (Å²) in [4.78, 5) is 11.9. The third-order valence-corrected chi connectivity index (χ3v) is 2.87. The summed E-state index contributed by atoms with van der Waals surface area (Å²) in [5.74, 6) is 0.829. The minimum atomic E-state index is -0.267. The Balaban J connectivity index is 0.00000324. The summed E-state index contributed by atoms with van der Waals surface area (Å²) in [6.07, 6.45) is 0. The number of ether oxygens (including phenoxy) is 2. The minimum Gasteiger partial charge on any atom is -0.497 e. The molecule has 0 fully saturated rings. The Kier molecular flexibility index (Phi) is 7.26. The summed E-state index contributed by atoms with van der Waals surface area (Å²) >= 11 is 0. The number of carbonyl (C=O) groups is 1. The number of hydrogen-bond acceptors (Lipinski definition) is 4. The van der Waals surface area contributed by atoms with Crippen molar-refractivity contribution < 1.29 is 14.3 Å². The van der Waals surface area contributed by atoms with Crippen molar-refractivity contribution in [3.05, 3.63) is 18.2 Å². The van der Waals surface area contributed by atoms with Gasteiger partial charge in [0, 0.05) is 12.1 Å². The molecule has 0 saturated carbocycles. The average molecular weight is 289 g/mol. The van der Waals surface area contributed by atoms with Gasteiger partial charge in [-0.25, -0.2) is 0 Å². The van der Waals surface area contributed by atoms with Crippen LogP contribution in [0.3, 0.4) is 0 Å². The third kappa shape index (κ3) is 4.61. The number of methoxy groups -OCH3 is 2. The van der Waals surface area contributed by atoms with Crippen molar-refractivity contribution in [2.45, 2.75) is 19.9 Å². The molecule has 0 radical (unpaired) electrons. The van der Waals surface area contributed by atoms with Gasteiger partial charge in [0.05, 0.1) is 25.8 Å². The molecular formula is C13H21ClN2O3. The molecule has 0 aliphatic carbocycles. The highest BCUT2D eigenvalue weighted by Gasteiger charge is 2.18.